The van der Waals surface area contributed by atoms with Crippen LogP contribution >= 0.6 is 0 Å². The third-order valence-electron chi connectivity index (χ3n) is 12.2. The van der Waals surface area contributed by atoms with E-state index in [0.29, 0.717) is 49.5 Å². The van der Waals surface area contributed by atoms with Gasteiger partial charge in [0.2, 0.25) is 5.91 Å². The first-order valence-corrected chi connectivity index (χ1v) is 14.6. The van der Waals surface area contributed by atoms with Gasteiger partial charge in [0.1, 0.15) is 6.04 Å². The highest BCUT2D eigenvalue weighted by Crippen LogP contribution is 2.68. The maximum Gasteiger partial charge on any atom is 0.326 e. The fourth-order valence-electron chi connectivity index (χ4n) is 10.2. The monoisotopic (exact) mass is 505 g/mol. The number of carbonyl (C=O) groups excluding carboxylic acids is 1. The lowest BCUT2D eigenvalue weighted by Crippen LogP contribution is -2.64. The molecule has 5 aliphatic rings. The molecule has 3 unspecified atom stereocenters. The van der Waals surface area contributed by atoms with Crippen LogP contribution in [-0.2, 0) is 9.59 Å². The normalized spacial score (nSPS) is 49.2. The van der Waals surface area contributed by atoms with Crippen molar-refractivity contribution in [2.45, 2.75) is 116 Å². The van der Waals surface area contributed by atoms with E-state index in [9.17, 15) is 30.0 Å². The Morgan fingerprint density at radius 1 is 0.917 bits per heavy atom. The van der Waals surface area contributed by atoms with Crippen molar-refractivity contribution >= 4 is 11.9 Å². The number of hydrogen-bond acceptors (Lipinski definition) is 5. The van der Waals surface area contributed by atoms with Gasteiger partial charge < -0.3 is 25.3 Å². The quantitative estimate of drug-likeness (QED) is 0.455. The van der Waals surface area contributed by atoms with Crippen molar-refractivity contribution in [3.8, 4) is 0 Å². The molecule has 1 heterocycles. The average Bonchev–Trinajstić information content (AvgIpc) is 3.46. The number of carboxylic acid groups (broad SMARTS) is 1. The van der Waals surface area contributed by atoms with Crippen molar-refractivity contribution in [3.63, 3.8) is 0 Å². The molecule has 7 nitrogen and oxygen atoms in total. The molecule has 1 aliphatic heterocycles. The van der Waals surface area contributed by atoms with E-state index in [1.165, 1.54) is 0 Å². The van der Waals surface area contributed by atoms with E-state index in [-0.39, 0.29) is 34.7 Å². The van der Waals surface area contributed by atoms with Crippen LogP contribution in [0, 0.1) is 46.3 Å². The van der Waals surface area contributed by atoms with Crippen LogP contribution in [0.1, 0.15) is 91.4 Å². The zero-order valence-corrected chi connectivity index (χ0v) is 22.3. The Hall–Kier alpha value is -1.18. The van der Waals surface area contributed by atoms with Gasteiger partial charge in [0.25, 0.3) is 0 Å². The topological polar surface area (TPSA) is 118 Å². The number of aliphatic hydroxyl groups is 3. The molecule has 0 aromatic heterocycles. The van der Waals surface area contributed by atoms with Gasteiger partial charge in [0.15, 0.2) is 0 Å². The smallest absolute Gasteiger partial charge is 0.326 e. The second kappa shape index (κ2) is 9.53. The molecule has 7 heteroatoms. The molecule has 0 bridgehead atoms. The first-order chi connectivity index (χ1) is 17.0. The second-order valence-electron chi connectivity index (χ2n) is 13.6. The summed E-state index contributed by atoms with van der Waals surface area (Å²) < 4.78 is 0. The van der Waals surface area contributed by atoms with Crippen LogP contribution in [0.25, 0.3) is 0 Å². The van der Waals surface area contributed by atoms with Gasteiger partial charge in [-0.3, -0.25) is 4.79 Å². The zero-order chi connectivity index (χ0) is 26.0. The van der Waals surface area contributed by atoms with Crippen molar-refractivity contribution in [2.75, 3.05) is 6.54 Å². The number of amides is 1. The fourth-order valence-corrected chi connectivity index (χ4v) is 10.2. The van der Waals surface area contributed by atoms with Crippen LogP contribution in [0.2, 0.25) is 0 Å². The molecule has 0 spiro atoms. The minimum Gasteiger partial charge on any atom is -0.480 e. The standard InChI is InChI=1S/C29H47NO6/c1-16(6-9-23(32)30-14-4-5-22(30)27(35)36)18-7-8-19-24-20(11-13-28(18,19)2)29(3)12-10-17(31)15-21(29)25(33)26(24)34/h16-22,24-26,31,33-34H,4-15H2,1-3H3,(H,35,36)/t16-,17-,18-,19?,20?,21-,22+,24?,25-,26+,28-,29-/m1/s1. The molecule has 5 fully saturated rings. The molecule has 5 rings (SSSR count). The highest BCUT2D eigenvalue weighted by atomic mass is 16.4. The van der Waals surface area contributed by atoms with E-state index in [1.54, 1.807) is 4.90 Å². The van der Waals surface area contributed by atoms with E-state index in [0.717, 1.165) is 51.4 Å². The maximum atomic E-state index is 12.9. The van der Waals surface area contributed by atoms with Crippen molar-refractivity contribution < 1.29 is 30.0 Å². The second-order valence-corrected chi connectivity index (χ2v) is 13.6. The predicted molar refractivity (Wildman–Crippen MR) is 135 cm³/mol. The van der Waals surface area contributed by atoms with E-state index >= 15 is 0 Å². The summed E-state index contributed by atoms with van der Waals surface area (Å²) in [5, 5.41) is 42.4. The Bertz CT molecular complexity index is 865. The van der Waals surface area contributed by atoms with Gasteiger partial charge in [-0.05, 0) is 111 Å². The van der Waals surface area contributed by atoms with E-state index in [2.05, 4.69) is 20.8 Å². The number of carbonyl (C=O) groups is 2. The summed E-state index contributed by atoms with van der Waals surface area (Å²) in [7, 11) is 0. The van der Waals surface area contributed by atoms with Crippen molar-refractivity contribution in [1.82, 2.24) is 4.90 Å². The van der Waals surface area contributed by atoms with Gasteiger partial charge in [-0.15, -0.1) is 0 Å². The lowest BCUT2D eigenvalue weighted by atomic mass is 9.43. The summed E-state index contributed by atoms with van der Waals surface area (Å²) in [6.45, 7) is 7.50. The molecular weight excluding hydrogens is 458 g/mol. The summed E-state index contributed by atoms with van der Waals surface area (Å²) in [5.74, 6) is 0.694. The number of aliphatic carboxylic acids is 1. The average molecular weight is 506 g/mol. The van der Waals surface area contributed by atoms with Gasteiger partial charge in [-0.1, -0.05) is 20.8 Å². The van der Waals surface area contributed by atoms with Crippen molar-refractivity contribution in [3.05, 3.63) is 0 Å². The minimum atomic E-state index is -0.895. The molecule has 204 valence electrons. The van der Waals surface area contributed by atoms with E-state index in [4.69, 9.17) is 0 Å². The van der Waals surface area contributed by atoms with Crippen LogP contribution in [0.3, 0.4) is 0 Å². The Morgan fingerprint density at radius 2 is 1.61 bits per heavy atom. The number of likely N-dealkylation sites (tertiary alicyclic amines) is 1. The number of rotatable bonds is 5. The number of fused-ring (bicyclic) bond motifs is 5. The lowest BCUT2D eigenvalue weighted by molar-refractivity contribution is -0.223. The molecule has 0 aromatic carbocycles. The fraction of sp³-hybridized carbons (Fsp3) is 0.931. The Kier molecular flexibility index (Phi) is 7.00. The maximum absolute atomic E-state index is 12.9. The summed E-state index contributed by atoms with van der Waals surface area (Å²) in [5.41, 5.74) is 0.0509. The number of nitrogens with zero attached hydrogens (tertiary/aromatic N) is 1. The SMILES string of the molecule is C[C@H](CCC(=O)N1CCC[C@H]1C(=O)O)[C@H]1CCC2C3C(CC[C@@]21C)[C@@]1(C)CC[C@@H](O)C[C@@H]1[C@@H](O)[C@H]3O. The summed E-state index contributed by atoms with van der Waals surface area (Å²) in [6.07, 6.45) is 7.21. The number of aliphatic hydroxyl groups excluding tert-OH is 3. The van der Waals surface area contributed by atoms with Gasteiger partial charge in [-0.2, -0.15) is 0 Å². The predicted octanol–water partition coefficient (Wildman–Crippen LogP) is 3.44. The van der Waals surface area contributed by atoms with Crippen LogP contribution in [0.15, 0.2) is 0 Å². The first-order valence-electron chi connectivity index (χ1n) is 14.6. The highest BCUT2D eigenvalue weighted by molar-refractivity contribution is 5.84. The zero-order valence-electron chi connectivity index (χ0n) is 22.3. The molecule has 1 amide bonds. The molecule has 0 aromatic rings. The molecule has 4 aliphatic carbocycles. The molecular formula is C29H47NO6. The molecule has 4 N–H and O–H groups in total. The summed E-state index contributed by atoms with van der Waals surface area (Å²) in [4.78, 5) is 26.0. The summed E-state index contributed by atoms with van der Waals surface area (Å²) in [6, 6.07) is -0.665. The van der Waals surface area contributed by atoms with E-state index < -0.39 is 24.2 Å². The number of hydrogen-bond donors (Lipinski definition) is 4. The number of carboxylic acids is 1. The Balaban J connectivity index is 1.28. The first kappa shape index (κ1) is 26.4. The van der Waals surface area contributed by atoms with Crippen LogP contribution in [-0.4, -0.2) is 68.1 Å². The van der Waals surface area contributed by atoms with Gasteiger partial charge >= 0.3 is 5.97 Å². The Morgan fingerprint density at radius 3 is 2.33 bits per heavy atom. The molecule has 4 saturated carbocycles. The van der Waals surface area contributed by atoms with Crippen LogP contribution in [0.5, 0.6) is 0 Å². The van der Waals surface area contributed by atoms with Gasteiger partial charge in [-0.25, -0.2) is 4.79 Å². The molecule has 0 radical (unpaired) electrons. The highest BCUT2D eigenvalue weighted by Gasteiger charge is 2.65. The van der Waals surface area contributed by atoms with Crippen molar-refractivity contribution in [2.24, 2.45) is 46.3 Å². The summed E-state index contributed by atoms with van der Waals surface area (Å²) >= 11 is 0. The van der Waals surface area contributed by atoms with Gasteiger partial charge in [0, 0.05) is 13.0 Å². The lowest BCUT2D eigenvalue weighted by Gasteiger charge is -2.63. The largest absolute Gasteiger partial charge is 0.480 e. The van der Waals surface area contributed by atoms with Gasteiger partial charge in [0.05, 0.1) is 18.3 Å². The van der Waals surface area contributed by atoms with Crippen LogP contribution in [0.4, 0.5) is 0 Å². The molecule has 1 saturated heterocycles. The van der Waals surface area contributed by atoms with Crippen LogP contribution < -0.4 is 0 Å². The molecule has 12 atom stereocenters. The Labute approximate surface area is 215 Å². The van der Waals surface area contributed by atoms with E-state index in [1.807, 2.05) is 0 Å². The van der Waals surface area contributed by atoms with Crippen molar-refractivity contribution in [1.29, 1.82) is 0 Å². The molecule has 36 heavy (non-hydrogen) atoms. The third kappa shape index (κ3) is 4.03. The third-order valence-corrected chi connectivity index (χ3v) is 12.2. The minimum absolute atomic E-state index is 0.0283.